The van der Waals surface area contributed by atoms with Gasteiger partial charge >= 0.3 is 31.3 Å². The third-order valence-corrected chi connectivity index (χ3v) is 10.7. The highest BCUT2D eigenvalue weighted by Crippen LogP contribution is 2.36. The van der Waals surface area contributed by atoms with Gasteiger partial charge in [0.05, 0.1) is 38.2 Å². The Morgan fingerprint density at radius 1 is 0.607 bits per heavy atom. The van der Waals surface area contributed by atoms with Crippen LogP contribution in [0.3, 0.4) is 0 Å². The normalized spacial score (nSPS) is 11.0. The molecule has 0 aliphatic heterocycles. The molecule has 9 nitrogen and oxygen atoms in total. The van der Waals surface area contributed by atoms with Crippen LogP contribution < -0.4 is 0 Å². The first-order chi connectivity index (χ1) is 28.7. The van der Waals surface area contributed by atoms with Gasteiger partial charge in [0.2, 0.25) is 0 Å². The first-order valence-electron chi connectivity index (χ1n) is 16.5. The fraction of sp³-hybridized carbons (Fsp3) is 0.100. The van der Waals surface area contributed by atoms with E-state index in [0.717, 1.165) is 43.9 Å². The number of nitrogens with zero attached hydrogens (tertiary/aromatic N) is 3. The molecule has 5 aromatic carbocycles. The van der Waals surface area contributed by atoms with Crippen molar-refractivity contribution in [3.05, 3.63) is 167 Å². The summed E-state index contributed by atoms with van der Waals surface area (Å²) in [5.74, 6) is 0.849. The standard InChI is InChI=1S/C22H15BrN2.C8H7BrO.C7H5N.C2F6O5S2.CH2Cl2/c23-19-20(16-10-4-1-5-11-16)24-22(18-14-8-3-9-15-18)25-21(19)17-12-6-2-7-13-17;9-6-8(10)7-4-2-1-3-5-7;8-6-7-4-2-1-3-5-7;3-1(4,5)14(9,10)13-15(11,12)2(6,7)8;2-1-3/h1-15H;1-5H,6H2;1-5H;;1H2. The molecule has 6 rings (SSSR count). The van der Waals surface area contributed by atoms with Gasteiger partial charge in [-0.1, -0.05) is 155 Å². The average Bonchev–Trinajstić information content (AvgIpc) is 3.25. The van der Waals surface area contributed by atoms with Gasteiger partial charge < -0.3 is 0 Å². The largest absolute Gasteiger partial charge is 0.524 e. The number of hydrogen-bond acceptors (Lipinski definition) is 9. The van der Waals surface area contributed by atoms with Crippen LogP contribution in [0.25, 0.3) is 33.9 Å². The number of hydrogen-bond donors (Lipinski definition) is 0. The number of carbonyl (C=O) groups is 1. The maximum atomic E-state index is 11.4. The average molecular weight is 1060 g/mol. The van der Waals surface area contributed by atoms with Crippen LogP contribution in [0, 0.1) is 11.3 Å². The fourth-order valence-corrected chi connectivity index (χ4v) is 6.67. The minimum atomic E-state index is -6.85. The Kier molecular flexibility index (Phi) is 21.8. The molecule has 0 bridgehead atoms. The maximum Gasteiger partial charge on any atom is 0.524 e. The zero-order chi connectivity index (χ0) is 45.7. The number of carbonyl (C=O) groups excluding carboxylic acids is 1. The molecule has 322 valence electrons. The van der Waals surface area contributed by atoms with E-state index in [1.807, 2.05) is 125 Å². The van der Waals surface area contributed by atoms with Crippen molar-refractivity contribution in [1.29, 1.82) is 5.26 Å². The molecule has 6 aromatic rings. The summed E-state index contributed by atoms with van der Waals surface area (Å²) in [6, 6.07) is 50.8. The molecule has 0 unspecified atom stereocenters. The van der Waals surface area contributed by atoms with Crippen molar-refractivity contribution >= 4 is 81.1 Å². The molecule has 61 heavy (non-hydrogen) atoms. The molecule has 21 heteroatoms. The Bertz CT molecular complexity index is 2430. The quantitative estimate of drug-likeness (QED) is 0.0660. The molecule has 0 aliphatic carbocycles. The van der Waals surface area contributed by atoms with Crippen molar-refractivity contribution in [2.75, 3.05) is 10.7 Å². The number of Topliss-reactive ketones (excluding diaryl/α,β-unsaturated/α-hetero) is 1. The fourth-order valence-electron chi connectivity index (χ4n) is 4.15. The van der Waals surface area contributed by atoms with Gasteiger partial charge in [0.25, 0.3) is 0 Å². The lowest BCUT2D eigenvalue weighted by molar-refractivity contribution is -0.0585. The van der Waals surface area contributed by atoms with E-state index in [1.54, 1.807) is 12.1 Å². The van der Waals surface area contributed by atoms with Crippen molar-refractivity contribution in [2.24, 2.45) is 0 Å². The van der Waals surface area contributed by atoms with E-state index in [2.05, 4.69) is 56.1 Å². The molecule has 0 fully saturated rings. The van der Waals surface area contributed by atoms with E-state index in [4.69, 9.17) is 38.4 Å². The molecule has 0 aliphatic rings. The van der Waals surface area contributed by atoms with Gasteiger partial charge in [-0.05, 0) is 28.1 Å². The third-order valence-electron chi connectivity index (χ3n) is 6.84. The van der Waals surface area contributed by atoms with Crippen molar-refractivity contribution in [3.8, 4) is 40.0 Å². The molecular formula is C40H29Br2Cl2F6N3O6S2. The highest BCUT2D eigenvalue weighted by atomic mass is 79.9. The number of benzene rings is 5. The van der Waals surface area contributed by atoms with Crippen LogP contribution in [0.15, 0.2) is 156 Å². The summed E-state index contributed by atoms with van der Waals surface area (Å²) in [4.78, 5) is 20.6. The summed E-state index contributed by atoms with van der Waals surface area (Å²) in [6.45, 7) is 0. The van der Waals surface area contributed by atoms with Crippen LogP contribution in [-0.4, -0.2) is 54.3 Å². The SMILES string of the molecule is Brc1c(-c2ccccc2)nc(-c2ccccc2)nc1-c1ccccc1.ClCCl.N#Cc1ccccc1.O=C(CBr)c1ccccc1.O=S(=O)(OS(=O)(=O)C(F)(F)F)C(F)(F)F. The van der Waals surface area contributed by atoms with Crippen LogP contribution in [0.4, 0.5) is 26.3 Å². The molecule has 0 spiro atoms. The van der Waals surface area contributed by atoms with Crippen LogP contribution >= 0.6 is 55.1 Å². The van der Waals surface area contributed by atoms with Crippen molar-refractivity contribution in [3.63, 3.8) is 0 Å². The Balaban J connectivity index is 0.000000302. The number of alkyl halides is 9. The number of rotatable bonds is 7. The summed E-state index contributed by atoms with van der Waals surface area (Å²) < 4.78 is 111. The second kappa shape index (κ2) is 25.3. The molecule has 0 saturated carbocycles. The number of aromatic nitrogens is 2. The molecule has 0 saturated heterocycles. The van der Waals surface area contributed by atoms with E-state index >= 15 is 0 Å². The van der Waals surface area contributed by atoms with Crippen LogP contribution in [0.1, 0.15) is 15.9 Å². The van der Waals surface area contributed by atoms with E-state index in [0.29, 0.717) is 10.9 Å². The first-order valence-corrected chi connectivity index (χ1v) is 22.3. The van der Waals surface area contributed by atoms with Gasteiger partial charge in [0, 0.05) is 22.3 Å². The minimum absolute atomic E-state index is 0.126. The monoisotopic (exact) mass is 1050 g/mol. The van der Waals surface area contributed by atoms with E-state index < -0.39 is 31.3 Å². The van der Waals surface area contributed by atoms with Gasteiger partial charge in [-0.25, -0.2) is 9.97 Å². The molecule has 0 radical (unpaired) electrons. The first kappa shape index (κ1) is 52.5. The molecule has 1 heterocycles. The lowest BCUT2D eigenvalue weighted by Gasteiger charge is -2.12. The Hall–Kier alpha value is -4.68. The molecule has 0 amide bonds. The minimum Gasteiger partial charge on any atom is -0.293 e. The zero-order valence-corrected chi connectivity index (χ0v) is 37.1. The summed E-state index contributed by atoms with van der Waals surface area (Å²) >= 11 is 16.4. The number of halogens is 10. The smallest absolute Gasteiger partial charge is 0.293 e. The number of nitriles is 1. The van der Waals surface area contributed by atoms with E-state index in [1.165, 1.54) is 0 Å². The third kappa shape index (κ3) is 17.3. The van der Waals surface area contributed by atoms with Crippen LogP contribution in [0.5, 0.6) is 0 Å². The van der Waals surface area contributed by atoms with Crippen LogP contribution in [-0.2, 0) is 23.9 Å². The Morgan fingerprint density at radius 3 is 1.21 bits per heavy atom. The highest BCUT2D eigenvalue weighted by molar-refractivity contribution is 9.10. The Morgan fingerprint density at radius 2 is 0.918 bits per heavy atom. The van der Waals surface area contributed by atoms with E-state index in [9.17, 15) is 48.0 Å². The van der Waals surface area contributed by atoms with Crippen molar-refractivity contribution in [1.82, 2.24) is 9.97 Å². The van der Waals surface area contributed by atoms with Crippen molar-refractivity contribution in [2.45, 2.75) is 11.0 Å². The second-order valence-corrected chi connectivity index (χ2v) is 16.5. The van der Waals surface area contributed by atoms with Gasteiger partial charge in [-0.2, -0.15) is 48.4 Å². The summed E-state index contributed by atoms with van der Waals surface area (Å²) in [7, 11) is -13.7. The van der Waals surface area contributed by atoms with Gasteiger partial charge in [-0.3, -0.25) is 4.79 Å². The molecule has 1 aromatic heterocycles. The molecule has 0 N–H and O–H groups in total. The Labute approximate surface area is 374 Å². The number of ketones is 1. The molecule has 0 atom stereocenters. The van der Waals surface area contributed by atoms with Gasteiger partial charge in [0.15, 0.2) is 11.6 Å². The van der Waals surface area contributed by atoms with Gasteiger partial charge in [-0.15, -0.1) is 26.8 Å². The zero-order valence-electron chi connectivity index (χ0n) is 30.7. The lowest BCUT2D eigenvalue weighted by Crippen LogP contribution is -2.34. The molecular weight excluding hydrogens is 1030 g/mol. The second-order valence-electron chi connectivity index (χ2n) is 11.0. The topological polar surface area (TPSA) is 144 Å². The summed E-state index contributed by atoms with van der Waals surface area (Å²) in [6.07, 6.45) is 0. The predicted molar refractivity (Wildman–Crippen MR) is 229 cm³/mol. The maximum absolute atomic E-state index is 11.4. The lowest BCUT2D eigenvalue weighted by atomic mass is 10.1. The van der Waals surface area contributed by atoms with E-state index in [-0.39, 0.29) is 11.1 Å². The van der Waals surface area contributed by atoms with Crippen LogP contribution in [0.2, 0.25) is 0 Å². The summed E-state index contributed by atoms with van der Waals surface area (Å²) in [5.41, 5.74) is -6.12. The predicted octanol–water partition coefficient (Wildman–Crippen LogP) is 12.2. The van der Waals surface area contributed by atoms with Crippen molar-refractivity contribution < 1.29 is 51.6 Å². The highest BCUT2D eigenvalue weighted by Gasteiger charge is 2.57. The summed E-state index contributed by atoms with van der Waals surface area (Å²) in [5, 5.41) is 8.88. The van der Waals surface area contributed by atoms with Gasteiger partial charge in [0.1, 0.15) is 0 Å².